The number of sulfonamides is 1. The van der Waals surface area contributed by atoms with Gasteiger partial charge in [-0.2, -0.15) is 0 Å². The monoisotopic (exact) mass is 395 g/mol. The third-order valence-electron chi connectivity index (χ3n) is 2.23. The summed E-state index contributed by atoms with van der Waals surface area (Å²) in [6.45, 7) is 0. The lowest BCUT2D eigenvalue weighted by molar-refractivity contribution is 0.0702. The van der Waals surface area contributed by atoms with Gasteiger partial charge in [0.1, 0.15) is 9.09 Å². The minimum absolute atomic E-state index is 0.0503. The Kier molecular flexibility index (Phi) is 4.38. The van der Waals surface area contributed by atoms with Crippen molar-refractivity contribution in [1.29, 1.82) is 0 Å². The molecule has 0 unspecified atom stereocenters. The number of hydrogen-bond donors (Lipinski definition) is 2. The lowest BCUT2D eigenvalue weighted by atomic mass is 10.3. The fraction of sp³-hybridized carbons (Fsp3) is 0. The Morgan fingerprint density at radius 3 is 2.60 bits per heavy atom. The quantitative estimate of drug-likeness (QED) is 0.826. The van der Waals surface area contributed by atoms with E-state index in [4.69, 9.17) is 16.7 Å². The van der Waals surface area contributed by atoms with E-state index in [0.29, 0.717) is 15.8 Å². The van der Waals surface area contributed by atoms with Crippen LogP contribution in [0.1, 0.15) is 9.67 Å². The van der Waals surface area contributed by atoms with Crippen molar-refractivity contribution in [3.63, 3.8) is 0 Å². The molecule has 20 heavy (non-hydrogen) atoms. The number of carbonyl (C=O) groups is 1. The van der Waals surface area contributed by atoms with Crippen molar-refractivity contribution in [2.45, 2.75) is 4.21 Å². The maximum atomic E-state index is 12.1. The maximum absolute atomic E-state index is 12.1. The van der Waals surface area contributed by atoms with E-state index in [2.05, 4.69) is 20.7 Å². The Labute approximate surface area is 132 Å². The van der Waals surface area contributed by atoms with Crippen LogP contribution >= 0.6 is 38.9 Å². The third kappa shape index (κ3) is 3.32. The molecule has 0 saturated carbocycles. The summed E-state index contributed by atoms with van der Waals surface area (Å²) in [4.78, 5) is 10.7. The number of benzene rings is 1. The molecule has 2 N–H and O–H groups in total. The number of halogens is 2. The number of hydrogen-bond acceptors (Lipinski definition) is 4. The lowest BCUT2D eigenvalue weighted by Gasteiger charge is -2.08. The Bertz CT molecular complexity index is 772. The highest BCUT2D eigenvalue weighted by atomic mass is 79.9. The second kappa shape index (κ2) is 5.72. The van der Waals surface area contributed by atoms with E-state index in [1.54, 1.807) is 12.1 Å². The third-order valence-corrected chi connectivity index (χ3v) is 5.98. The minimum atomic E-state index is -3.87. The van der Waals surface area contributed by atoms with E-state index in [1.807, 2.05) is 0 Å². The van der Waals surface area contributed by atoms with Crippen molar-refractivity contribution in [1.82, 2.24) is 0 Å². The van der Waals surface area contributed by atoms with Crippen molar-refractivity contribution in [2.24, 2.45) is 0 Å². The maximum Gasteiger partial charge on any atom is 0.345 e. The predicted octanol–water partition coefficient (Wildman–Crippen LogP) is 3.66. The topological polar surface area (TPSA) is 83.5 Å². The van der Waals surface area contributed by atoms with E-state index >= 15 is 0 Å². The zero-order valence-electron chi connectivity index (χ0n) is 9.63. The smallest absolute Gasteiger partial charge is 0.345 e. The molecule has 1 aromatic carbocycles. The number of rotatable bonds is 4. The second-order valence-electron chi connectivity index (χ2n) is 3.65. The summed E-state index contributed by atoms with van der Waals surface area (Å²) < 4.78 is 27.2. The van der Waals surface area contributed by atoms with Gasteiger partial charge in [-0.05, 0) is 30.3 Å². The molecule has 9 heteroatoms. The summed E-state index contributed by atoms with van der Waals surface area (Å²) in [7, 11) is -3.87. The first-order valence-electron chi connectivity index (χ1n) is 5.10. The van der Waals surface area contributed by atoms with Crippen LogP contribution in [-0.2, 0) is 10.0 Å². The van der Waals surface area contributed by atoms with Gasteiger partial charge in [-0.3, -0.25) is 4.72 Å². The van der Waals surface area contributed by atoms with Gasteiger partial charge in [-0.15, -0.1) is 11.3 Å². The first-order valence-corrected chi connectivity index (χ1v) is 8.57. The molecular weight excluding hydrogens is 390 g/mol. The van der Waals surface area contributed by atoms with E-state index in [9.17, 15) is 13.2 Å². The van der Waals surface area contributed by atoms with Gasteiger partial charge >= 0.3 is 5.97 Å². The van der Waals surface area contributed by atoms with Crippen molar-refractivity contribution in [3.8, 4) is 0 Å². The van der Waals surface area contributed by atoms with Crippen LogP contribution in [0.3, 0.4) is 0 Å². The summed E-state index contributed by atoms with van der Waals surface area (Å²) in [5.41, 5.74) is 0.214. The van der Waals surface area contributed by atoms with Crippen molar-refractivity contribution < 1.29 is 18.3 Å². The van der Waals surface area contributed by atoms with Crippen LogP contribution in [0.15, 0.2) is 39.0 Å². The van der Waals surface area contributed by atoms with Gasteiger partial charge in [0.15, 0.2) is 0 Å². The highest BCUT2D eigenvalue weighted by Gasteiger charge is 2.20. The van der Waals surface area contributed by atoms with Crippen LogP contribution in [0.4, 0.5) is 5.69 Å². The van der Waals surface area contributed by atoms with Gasteiger partial charge in [0.05, 0.1) is 10.7 Å². The Morgan fingerprint density at radius 1 is 1.30 bits per heavy atom. The van der Waals surface area contributed by atoms with Crippen LogP contribution in [-0.4, -0.2) is 19.5 Å². The van der Waals surface area contributed by atoms with Gasteiger partial charge in [0, 0.05) is 4.47 Å². The molecule has 0 spiro atoms. The van der Waals surface area contributed by atoms with Gasteiger partial charge in [-0.1, -0.05) is 27.5 Å². The molecule has 2 rings (SSSR count). The zero-order chi connectivity index (χ0) is 14.9. The molecule has 5 nitrogen and oxygen atoms in total. The predicted molar refractivity (Wildman–Crippen MR) is 81.2 cm³/mol. The second-order valence-corrected chi connectivity index (χ2v) is 7.97. The number of anilines is 1. The SMILES string of the molecule is O=C(O)c1ccc(S(=O)(=O)Nc2cc(Br)ccc2Cl)s1. The summed E-state index contributed by atoms with van der Waals surface area (Å²) in [6.07, 6.45) is 0. The average Bonchev–Trinajstić information content (AvgIpc) is 2.84. The summed E-state index contributed by atoms with van der Waals surface area (Å²) in [5, 5.41) is 9.04. The first-order chi connectivity index (χ1) is 9.29. The fourth-order valence-corrected chi connectivity index (χ4v) is 4.15. The van der Waals surface area contributed by atoms with E-state index in [-0.39, 0.29) is 19.8 Å². The van der Waals surface area contributed by atoms with Crippen LogP contribution in [0, 0.1) is 0 Å². The summed E-state index contributed by atoms with van der Waals surface area (Å²) >= 11 is 9.79. The summed E-state index contributed by atoms with van der Waals surface area (Å²) in [6, 6.07) is 7.21. The number of carboxylic acids is 1. The highest BCUT2D eigenvalue weighted by Crippen LogP contribution is 2.29. The van der Waals surface area contributed by atoms with Crippen molar-refractivity contribution in [3.05, 3.63) is 44.7 Å². The van der Waals surface area contributed by atoms with Crippen molar-refractivity contribution >= 4 is 60.5 Å². The largest absolute Gasteiger partial charge is 0.477 e. The van der Waals surface area contributed by atoms with E-state index < -0.39 is 16.0 Å². The zero-order valence-corrected chi connectivity index (χ0v) is 13.6. The first kappa shape index (κ1) is 15.3. The fourth-order valence-electron chi connectivity index (χ4n) is 1.35. The number of thiophene rings is 1. The summed E-state index contributed by atoms with van der Waals surface area (Å²) in [5.74, 6) is -1.17. The molecule has 0 amide bonds. The standard InChI is InChI=1S/C11H7BrClNO4S2/c12-6-1-2-7(13)8(5-6)14-20(17,18)10-4-3-9(19-10)11(15)16/h1-5,14H,(H,15,16). The molecule has 0 aliphatic heterocycles. The lowest BCUT2D eigenvalue weighted by Crippen LogP contribution is -2.11. The Hall–Kier alpha value is -1.09. The van der Waals surface area contributed by atoms with E-state index in [0.717, 1.165) is 0 Å². The van der Waals surface area contributed by atoms with E-state index in [1.165, 1.54) is 18.2 Å². The van der Waals surface area contributed by atoms with Gasteiger partial charge < -0.3 is 5.11 Å². The van der Waals surface area contributed by atoms with Crippen molar-refractivity contribution in [2.75, 3.05) is 4.72 Å². The molecule has 0 atom stereocenters. The Balaban J connectivity index is 2.35. The molecular formula is C11H7BrClNO4S2. The molecule has 2 aromatic rings. The molecule has 0 aliphatic rings. The number of nitrogens with one attached hydrogen (secondary N) is 1. The number of carboxylic acid groups (broad SMARTS) is 1. The van der Waals surface area contributed by atoms with Gasteiger partial charge in [-0.25, -0.2) is 13.2 Å². The Morgan fingerprint density at radius 2 is 2.00 bits per heavy atom. The molecule has 0 radical (unpaired) electrons. The highest BCUT2D eigenvalue weighted by molar-refractivity contribution is 9.10. The molecule has 0 saturated heterocycles. The van der Waals surface area contributed by atoms with Crippen LogP contribution in [0.5, 0.6) is 0 Å². The van der Waals surface area contributed by atoms with Crippen LogP contribution in [0.25, 0.3) is 0 Å². The normalized spacial score (nSPS) is 11.3. The molecule has 106 valence electrons. The minimum Gasteiger partial charge on any atom is -0.477 e. The number of aromatic carboxylic acids is 1. The molecule has 0 fully saturated rings. The molecule has 1 heterocycles. The van der Waals surface area contributed by atoms with Gasteiger partial charge in [0.25, 0.3) is 10.0 Å². The van der Waals surface area contributed by atoms with Gasteiger partial charge in [0.2, 0.25) is 0 Å². The van der Waals surface area contributed by atoms with Crippen LogP contribution < -0.4 is 4.72 Å². The average molecular weight is 397 g/mol. The molecule has 1 aromatic heterocycles. The van der Waals surface area contributed by atoms with Crippen LogP contribution in [0.2, 0.25) is 5.02 Å². The molecule has 0 aliphatic carbocycles. The molecule has 0 bridgehead atoms.